The summed E-state index contributed by atoms with van der Waals surface area (Å²) in [5.41, 5.74) is 3.94. The first-order chi connectivity index (χ1) is 6.77. The van der Waals surface area contributed by atoms with Crippen molar-refractivity contribution in [1.29, 1.82) is 0 Å². The van der Waals surface area contributed by atoms with Crippen LogP contribution in [-0.4, -0.2) is 14.6 Å². The highest BCUT2D eigenvalue weighted by Gasteiger charge is 2.19. The molecule has 3 rings (SSSR count). The number of hydrogen-bond acceptors (Lipinski definition) is 2. The first kappa shape index (κ1) is 7.79. The first-order valence-electron chi connectivity index (χ1n) is 4.86. The number of nitrogens with one attached hydrogen (secondary N) is 1. The highest BCUT2D eigenvalue weighted by molar-refractivity contribution is 5.47. The molecule has 0 fully saturated rings. The van der Waals surface area contributed by atoms with Gasteiger partial charge in [0.25, 0.3) is 5.56 Å². The van der Waals surface area contributed by atoms with E-state index in [9.17, 15) is 4.79 Å². The largest absolute Gasteiger partial charge is 0.306 e. The van der Waals surface area contributed by atoms with Crippen LogP contribution in [0.3, 0.4) is 0 Å². The van der Waals surface area contributed by atoms with Gasteiger partial charge in [-0.15, -0.1) is 0 Å². The normalized spacial score (nSPS) is 14.9. The van der Waals surface area contributed by atoms with Crippen molar-refractivity contribution in [2.75, 3.05) is 0 Å². The van der Waals surface area contributed by atoms with Crippen molar-refractivity contribution in [2.45, 2.75) is 26.2 Å². The summed E-state index contributed by atoms with van der Waals surface area (Å²) in [5.74, 6) is 0. The molecule has 14 heavy (non-hydrogen) atoms. The van der Waals surface area contributed by atoms with Crippen molar-refractivity contribution in [1.82, 2.24) is 14.6 Å². The second kappa shape index (κ2) is 2.47. The Morgan fingerprint density at radius 1 is 1.50 bits per heavy atom. The molecule has 0 bridgehead atoms. The molecule has 0 atom stereocenters. The van der Waals surface area contributed by atoms with Crippen molar-refractivity contribution in [2.24, 2.45) is 0 Å². The Balaban J connectivity index is 2.54. The summed E-state index contributed by atoms with van der Waals surface area (Å²) in [4.78, 5) is 14.6. The standard InChI is InChI=1S/C10H11N3O/c1-6-5-11-13-8-4-2-3-7(8)10(14)12-9(6)13/h5H,2-4H2,1H3,(H,12,14). The van der Waals surface area contributed by atoms with Crippen molar-refractivity contribution in [3.63, 3.8) is 0 Å². The van der Waals surface area contributed by atoms with Crippen LogP contribution in [0.2, 0.25) is 0 Å². The molecule has 0 aliphatic heterocycles. The highest BCUT2D eigenvalue weighted by Crippen LogP contribution is 2.19. The van der Waals surface area contributed by atoms with Crippen LogP contribution in [0.5, 0.6) is 0 Å². The van der Waals surface area contributed by atoms with Gasteiger partial charge >= 0.3 is 0 Å². The molecule has 2 aromatic heterocycles. The van der Waals surface area contributed by atoms with Gasteiger partial charge in [-0.1, -0.05) is 0 Å². The van der Waals surface area contributed by atoms with Gasteiger partial charge in [-0.2, -0.15) is 5.10 Å². The van der Waals surface area contributed by atoms with Crippen LogP contribution in [0.15, 0.2) is 11.0 Å². The van der Waals surface area contributed by atoms with E-state index in [4.69, 9.17) is 0 Å². The number of aryl methyl sites for hydroxylation is 2. The number of H-pyrrole nitrogens is 1. The molecule has 2 heterocycles. The summed E-state index contributed by atoms with van der Waals surface area (Å²) in [6, 6.07) is 0. The second-order valence-corrected chi connectivity index (χ2v) is 3.82. The molecule has 0 amide bonds. The Hall–Kier alpha value is -1.58. The van der Waals surface area contributed by atoms with E-state index < -0.39 is 0 Å². The molecule has 1 N–H and O–H groups in total. The molecule has 4 heteroatoms. The van der Waals surface area contributed by atoms with Gasteiger partial charge in [-0.25, -0.2) is 4.52 Å². The van der Waals surface area contributed by atoms with Gasteiger partial charge in [0.05, 0.1) is 11.9 Å². The zero-order chi connectivity index (χ0) is 9.71. The van der Waals surface area contributed by atoms with Crippen LogP contribution in [0.4, 0.5) is 0 Å². The van der Waals surface area contributed by atoms with E-state index in [1.54, 1.807) is 6.20 Å². The van der Waals surface area contributed by atoms with Crippen LogP contribution in [0.25, 0.3) is 5.65 Å². The smallest absolute Gasteiger partial charge is 0.254 e. The summed E-state index contributed by atoms with van der Waals surface area (Å²) < 4.78 is 1.87. The molecule has 1 aliphatic carbocycles. The predicted octanol–water partition coefficient (Wildman–Crippen LogP) is 0.820. The zero-order valence-electron chi connectivity index (χ0n) is 8.00. The number of nitrogens with zero attached hydrogens (tertiary/aromatic N) is 2. The van der Waals surface area contributed by atoms with E-state index in [0.29, 0.717) is 0 Å². The van der Waals surface area contributed by atoms with Gasteiger partial charge in [0.2, 0.25) is 0 Å². The number of aromatic nitrogens is 3. The number of rotatable bonds is 0. The van der Waals surface area contributed by atoms with Gasteiger partial charge in [0.15, 0.2) is 0 Å². The van der Waals surface area contributed by atoms with Crippen LogP contribution in [0, 0.1) is 6.92 Å². The lowest BCUT2D eigenvalue weighted by molar-refractivity contribution is 0.835. The van der Waals surface area contributed by atoms with Gasteiger partial charge < -0.3 is 4.98 Å². The summed E-state index contributed by atoms with van der Waals surface area (Å²) in [6.45, 7) is 1.96. The summed E-state index contributed by atoms with van der Waals surface area (Å²) in [7, 11) is 0. The Bertz CT molecular complexity index is 564. The molecule has 2 aromatic rings. The predicted molar refractivity (Wildman–Crippen MR) is 52.6 cm³/mol. The highest BCUT2D eigenvalue weighted by atomic mass is 16.1. The zero-order valence-corrected chi connectivity index (χ0v) is 8.00. The number of aromatic amines is 1. The summed E-state index contributed by atoms with van der Waals surface area (Å²) >= 11 is 0. The minimum Gasteiger partial charge on any atom is -0.306 e. The maximum absolute atomic E-state index is 11.7. The molecule has 0 unspecified atom stereocenters. The van der Waals surface area contributed by atoms with Crippen molar-refractivity contribution in [3.05, 3.63) is 33.4 Å². The Morgan fingerprint density at radius 2 is 2.36 bits per heavy atom. The molecule has 1 aliphatic rings. The summed E-state index contributed by atoms with van der Waals surface area (Å²) in [6.07, 6.45) is 4.72. The first-order valence-corrected chi connectivity index (χ1v) is 4.86. The third-order valence-electron chi connectivity index (χ3n) is 2.90. The Kier molecular flexibility index (Phi) is 1.37. The lowest BCUT2D eigenvalue weighted by Crippen LogP contribution is -2.16. The molecule has 0 saturated heterocycles. The monoisotopic (exact) mass is 189 g/mol. The van der Waals surface area contributed by atoms with Gasteiger partial charge in [0.1, 0.15) is 5.65 Å². The molecule has 0 radical (unpaired) electrons. The van der Waals surface area contributed by atoms with E-state index >= 15 is 0 Å². The van der Waals surface area contributed by atoms with Crippen molar-refractivity contribution < 1.29 is 0 Å². The second-order valence-electron chi connectivity index (χ2n) is 3.82. The number of fused-ring (bicyclic) bond motifs is 3. The quantitative estimate of drug-likeness (QED) is 0.667. The van der Waals surface area contributed by atoms with Crippen molar-refractivity contribution in [3.8, 4) is 0 Å². The van der Waals surface area contributed by atoms with Crippen LogP contribution >= 0.6 is 0 Å². The third kappa shape index (κ3) is 0.828. The molecule has 72 valence electrons. The summed E-state index contributed by atoms with van der Waals surface area (Å²) in [5, 5.41) is 4.28. The molecular formula is C10H11N3O. The fraction of sp³-hybridized carbons (Fsp3) is 0.400. The minimum atomic E-state index is 0.0635. The minimum absolute atomic E-state index is 0.0635. The topological polar surface area (TPSA) is 50.2 Å². The van der Waals surface area contributed by atoms with Crippen LogP contribution in [-0.2, 0) is 12.8 Å². The van der Waals surface area contributed by atoms with Crippen molar-refractivity contribution >= 4 is 5.65 Å². The Labute approximate surface area is 80.6 Å². The number of hydrogen-bond donors (Lipinski definition) is 1. The van der Waals surface area contributed by atoms with E-state index in [-0.39, 0.29) is 5.56 Å². The van der Waals surface area contributed by atoms with Gasteiger partial charge in [-0.3, -0.25) is 4.79 Å². The average Bonchev–Trinajstić information content (AvgIpc) is 2.74. The molecule has 0 saturated carbocycles. The van der Waals surface area contributed by atoms with E-state index in [2.05, 4.69) is 10.1 Å². The van der Waals surface area contributed by atoms with Crippen LogP contribution in [0.1, 0.15) is 23.2 Å². The van der Waals surface area contributed by atoms with E-state index in [1.165, 1.54) is 0 Å². The maximum Gasteiger partial charge on any atom is 0.254 e. The van der Waals surface area contributed by atoms with Gasteiger partial charge in [0, 0.05) is 11.1 Å². The van der Waals surface area contributed by atoms with E-state index in [0.717, 1.165) is 41.7 Å². The lowest BCUT2D eigenvalue weighted by atomic mass is 10.2. The SMILES string of the molecule is Cc1cnn2c3c(c(=O)[nH]c12)CCC3. The van der Waals surface area contributed by atoms with Crippen LogP contribution < -0.4 is 5.56 Å². The fourth-order valence-electron chi connectivity index (χ4n) is 2.18. The maximum atomic E-state index is 11.7. The fourth-order valence-corrected chi connectivity index (χ4v) is 2.18. The Morgan fingerprint density at radius 3 is 3.21 bits per heavy atom. The van der Waals surface area contributed by atoms with Gasteiger partial charge in [-0.05, 0) is 26.2 Å². The molecule has 4 nitrogen and oxygen atoms in total. The molecular weight excluding hydrogens is 178 g/mol. The van der Waals surface area contributed by atoms with E-state index in [1.807, 2.05) is 11.4 Å². The average molecular weight is 189 g/mol. The molecule has 0 aromatic carbocycles. The lowest BCUT2D eigenvalue weighted by Gasteiger charge is -2.01. The molecule has 0 spiro atoms. The third-order valence-corrected chi connectivity index (χ3v) is 2.90.